The summed E-state index contributed by atoms with van der Waals surface area (Å²) >= 11 is 9.51. The van der Waals surface area contributed by atoms with E-state index in [0.29, 0.717) is 20.4 Å². The monoisotopic (exact) mass is 458 g/mol. The maximum absolute atomic E-state index is 11.6. The number of amides is 1. The molecule has 1 aromatic carbocycles. The number of hydrogen-bond donors (Lipinski definition) is 2. The lowest BCUT2D eigenvalue weighted by atomic mass is 10.0. The number of pyridine rings is 1. The molecule has 0 radical (unpaired) electrons. The van der Waals surface area contributed by atoms with Gasteiger partial charge in [-0.25, -0.2) is 9.78 Å². The van der Waals surface area contributed by atoms with Crippen molar-refractivity contribution < 1.29 is 19.9 Å². The van der Waals surface area contributed by atoms with Crippen molar-refractivity contribution in [3.8, 4) is 0 Å². The van der Waals surface area contributed by atoms with E-state index >= 15 is 0 Å². The number of carbonyl (C=O) groups is 1. The number of fused-ring (bicyclic) bond motifs is 1. The van der Waals surface area contributed by atoms with Gasteiger partial charge in [0.15, 0.2) is 0 Å². The van der Waals surface area contributed by atoms with Crippen LogP contribution < -0.4 is 4.90 Å². The lowest BCUT2D eigenvalue weighted by Gasteiger charge is -2.44. The van der Waals surface area contributed by atoms with Crippen LogP contribution >= 0.6 is 27.5 Å². The number of aliphatic hydroxyl groups is 1. The second kappa shape index (κ2) is 7.45. The van der Waals surface area contributed by atoms with Crippen LogP contribution in [0.4, 0.5) is 16.2 Å². The van der Waals surface area contributed by atoms with Crippen LogP contribution in [-0.2, 0) is 0 Å². The lowest BCUT2D eigenvalue weighted by Crippen LogP contribution is -2.60. The summed E-state index contributed by atoms with van der Waals surface area (Å²) in [5.74, 6) is 0. The summed E-state index contributed by atoms with van der Waals surface area (Å²) in [6.45, 7) is 1.57. The second-order valence-electron chi connectivity index (χ2n) is 6.31. The summed E-state index contributed by atoms with van der Waals surface area (Å²) in [5.41, 5.74) is 0.544. The number of benzene rings is 1. The predicted octanol–water partition coefficient (Wildman–Crippen LogP) is 3.11. The highest BCUT2D eigenvalue weighted by molar-refractivity contribution is 9.10. The summed E-state index contributed by atoms with van der Waals surface area (Å²) in [6, 6.07) is 2.19. The third-order valence-electron chi connectivity index (χ3n) is 4.64. The van der Waals surface area contributed by atoms with Crippen molar-refractivity contribution in [2.24, 2.45) is 0 Å². The number of carboxylic acid groups (broad SMARTS) is 1. The summed E-state index contributed by atoms with van der Waals surface area (Å²) in [5, 5.41) is 31.6. The standard InChI is InChI=1S/C16H16BrClN4O5/c1-8-5-21(9(7-23)6-20(8)16(24)25)15-10-2-12(18)11(17)3-13(10)19-4-14(15)22(26)27/h2-4,8-9,23H,5-7H2,1H3,(H,24,25). The Bertz CT molecular complexity index is 927. The maximum Gasteiger partial charge on any atom is 0.407 e. The molecule has 2 heterocycles. The fourth-order valence-corrected chi connectivity index (χ4v) is 3.83. The zero-order chi connectivity index (χ0) is 19.9. The molecule has 1 aliphatic heterocycles. The molecule has 0 bridgehead atoms. The van der Waals surface area contributed by atoms with Crippen LogP contribution in [0.15, 0.2) is 22.8 Å². The average Bonchev–Trinajstić information content (AvgIpc) is 2.61. The van der Waals surface area contributed by atoms with Gasteiger partial charge in [0, 0.05) is 29.0 Å². The molecule has 9 nitrogen and oxygen atoms in total. The largest absolute Gasteiger partial charge is 0.465 e. The molecule has 3 rings (SSSR count). The van der Waals surface area contributed by atoms with Crippen LogP contribution in [0.5, 0.6) is 0 Å². The van der Waals surface area contributed by atoms with Gasteiger partial charge in [-0.05, 0) is 35.0 Å². The van der Waals surface area contributed by atoms with Gasteiger partial charge in [0.05, 0.1) is 28.1 Å². The van der Waals surface area contributed by atoms with E-state index in [0.717, 1.165) is 0 Å². The second-order valence-corrected chi connectivity index (χ2v) is 7.57. The molecule has 11 heteroatoms. The van der Waals surface area contributed by atoms with Crippen molar-refractivity contribution >= 4 is 55.9 Å². The highest BCUT2D eigenvalue weighted by atomic mass is 79.9. The summed E-state index contributed by atoms with van der Waals surface area (Å²) in [6.07, 6.45) is 0.0717. The number of piperazine rings is 1. The molecule has 1 aromatic heterocycles. The van der Waals surface area contributed by atoms with Gasteiger partial charge in [-0.2, -0.15) is 0 Å². The Balaban J connectivity index is 2.21. The number of hydrogen-bond acceptors (Lipinski definition) is 6. The molecule has 0 spiro atoms. The van der Waals surface area contributed by atoms with E-state index in [4.69, 9.17) is 11.6 Å². The van der Waals surface area contributed by atoms with E-state index in [1.165, 1.54) is 11.1 Å². The minimum Gasteiger partial charge on any atom is -0.465 e. The summed E-state index contributed by atoms with van der Waals surface area (Å²) in [7, 11) is 0. The molecule has 2 aromatic rings. The van der Waals surface area contributed by atoms with Crippen LogP contribution in [0.1, 0.15) is 6.92 Å². The number of nitro groups is 1. The molecule has 144 valence electrons. The minimum atomic E-state index is -1.10. The number of nitrogens with zero attached hydrogens (tertiary/aromatic N) is 4. The van der Waals surface area contributed by atoms with E-state index in [1.54, 1.807) is 24.0 Å². The van der Waals surface area contributed by atoms with Crippen LogP contribution in [0.3, 0.4) is 0 Å². The molecule has 1 saturated heterocycles. The van der Waals surface area contributed by atoms with E-state index < -0.39 is 23.1 Å². The SMILES string of the molecule is CC1CN(c2c([N+](=O)[O-])cnc3cc(Br)c(Cl)cc23)C(CO)CN1C(=O)O. The van der Waals surface area contributed by atoms with E-state index in [1.807, 2.05) is 0 Å². The Morgan fingerprint density at radius 3 is 2.78 bits per heavy atom. The van der Waals surface area contributed by atoms with Gasteiger partial charge in [0.1, 0.15) is 11.9 Å². The van der Waals surface area contributed by atoms with Gasteiger partial charge in [0.2, 0.25) is 0 Å². The third-order valence-corrected chi connectivity index (χ3v) is 5.84. The molecule has 0 saturated carbocycles. The van der Waals surface area contributed by atoms with Crippen LogP contribution in [0, 0.1) is 10.1 Å². The van der Waals surface area contributed by atoms with Gasteiger partial charge in [-0.15, -0.1) is 0 Å². The highest BCUT2D eigenvalue weighted by Gasteiger charge is 2.37. The third kappa shape index (κ3) is 3.52. The van der Waals surface area contributed by atoms with E-state index in [9.17, 15) is 25.1 Å². The normalized spacial score (nSPS) is 20.1. The fraction of sp³-hybridized carbons (Fsp3) is 0.375. The van der Waals surface area contributed by atoms with Crippen molar-refractivity contribution in [3.05, 3.63) is 37.9 Å². The van der Waals surface area contributed by atoms with E-state index in [-0.39, 0.29) is 31.1 Å². The zero-order valence-corrected chi connectivity index (χ0v) is 16.5. The smallest absolute Gasteiger partial charge is 0.407 e. The van der Waals surface area contributed by atoms with Crippen molar-refractivity contribution in [1.29, 1.82) is 0 Å². The minimum absolute atomic E-state index is 0.0260. The maximum atomic E-state index is 11.6. The predicted molar refractivity (Wildman–Crippen MR) is 104 cm³/mol. The molecule has 27 heavy (non-hydrogen) atoms. The zero-order valence-electron chi connectivity index (χ0n) is 14.2. The Morgan fingerprint density at radius 1 is 1.48 bits per heavy atom. The molecule has 1 fully saturated rings. The van der Waals surface area contributed by atoms with Crippen LogP contribution in [0.2, 0.25) is 5.02 Å². The number of halogens is 2. The van der Waals surface area contributed by atoms with Gasteiger partial charge in [-0.3, -0.25) is 10.1 Å². The molecule has 1 amide bonds. The molecule has 0 aliphatic carbocycles. The summed E-state index contributed by atoms with van der Waals surface area (Å²) in [4.78, 5) is 29.6. The Hall–Kier alpha value is -2.17. The topological polar surface area (TPSA) is 120 Å². The average molecular weight is 460 g/mol. The van der Waals surface area contributed by atoms with Gasteiger partial charge < -0.3 is 20.0 Å². The van der Waals surface area contributed by atoms with Crippen molar-refractivity contribution in [2.75, 3.05) is 24.6 Å². The first-order valence-corrected chi connectivity index (χ1v) is 9.20. The molecule has 2 N–H and O–H groups in total. The first kappa shape index (κ1) is 19.6. The van der Waals surface area contributed by atoms with Crippen molar-refractivity contribution in [1.82, 2.24) is 9.88 Å². The molecule has 1 aliphatic rings. The van der Waals surface area contributed by atoms with Gasteiger partial charge >= 0.3 is 11.8 Å². The quantitative estimate of drug-likeness (QED) is 0.534. The first-order chi connectivity index (χ1) is 12.7. The number of aliphatic hydroxyl groups excluding tert-OH is 1. The molecular weight excluding hydrogens is 444 g/mol. The van der Waals surface area contributed by atoms with Crippen molar-refractivity contribution in [3.63, 3.8) is 0 Å². The van der Waals surface area contributed by atoms with Gasteiger partial charge in [0.25, 0.3) is 0 Å². The fourth-order valence-electron chi connectivity index (χ4n) is 3.33. The first-order valence-electron chi connectivity index (χ1n) is 8.03. The number of rotatable bonds is 3. The van der Waals surface area contributed by atoms with E-state index in [2.05, 4.69) is 20.9 Å². The highest BCUT2D eigenvalue weighted by Crippen LogP contribution is 2.40. The molecule has 2 unspecified atom stereocenters. The Kier molecular flexibility index (Phi) is 5.41. The number of aromatic nitrogens is 1. The molecular formula is C16H16BrClN4O5. The Morgan fingerprint density at radius 2 is 2.19 bits per heavy atom. The van der Waals surface area contributed by atoms with Gasteiger partial charge in [-0.1, -0.05) is 11.6 Å². The van der Waals surface area contributed by atoms with Crippen LogP contribution in [0.25, 0.3) is 10.9 Å². The Labute approximate surface area is 167 Å². The molecule has 2 atom stereocenters. The van der Waals surface area contributed by atoms with Crippen molar-refractivity contribution in [2.45, 2.75) is 19.0 Å². The lowest BCUT2D eigenvalue weighted by molar-refractivity contribution is -0.384. The van der Waals surface area contributed by atoms with Crippen LogP contribution in [-0.4, -0.2) is 62.9 Å². The summed E-state index contributed by atoms with van der Waals surface area (Å²) < 4.78 is 0.603. The number of anilines is 1.